The van der Waals surface area contributed by atoms with Crippen molar-refractivity contribution in [1.82, 2.24) is 9.78 Å². The molecular weight excluding hydrogens is 214 g/mol. The smallest absolute Gasteiger partial charge is 0.154 e. The molecule has 1 heterocycles. The molecule has 0 spiro atoms. The van der Waals surface area contributed by atoms with Crippen molar-refractivity contribution in [2.75, 3.05) is 18.1 Å². The van der Waals surface area contributed by atoms with Crippen molar-refractivity contribution in [3.05, 3.63) is 12.3 Å². The van der Waals surface area contributed by atoms with Crippen LogP contribution in [0.3, 0.4) is 0 Å². The minimum Gasteiger partial charge on any atom is -0.367 e. The lowest BCUT2D eigenvalue weighted by molar-refractivity contribution is 0.559. The highest BCUT2D eigenvalue weighted by molar-refractivity contribution is 7.92. The maximum absolute atomic E-state index is 11.4. The summed E-state index contributed by atoms with van der Waals surface area (Å²) in [6.45, 7) is 3.74. The number of nitrogens with zero attached hydrogens (tertiary/aromatic N) is 2. The van der Waals surface area contributed by atoms with E-state index in [1.807, 2.05) is 7.05 Å². The summed E-state index contributed by atoms with van der Waals surface area (Å²) in [5.74, 6) is 0.689. The first kappa shape index (κ1) is 12.0. The minimum atomic E-state index is -3.06. The van der Waals surface area contributed by atoms with E-state index in [1.54, 1.807) is 30.8 Å². The van der Waals surface area contributed by atoms with Gasteiger partial charge in [0.15, 0.2) is 9.84 Å². The van der Waals surface area contributed by atoms with E-state index >= 15 is 0 Å². The van der Waals surface area contributed by atoms with E-state index in [4.69, 9.17) is 0 Å². The predicted molar refractivity (Wildman–Crippen MR) is 60.6 cm³/mol. The Bertz CT molecular complexity index is 434. The van der Waals surface area contributed by atoms with Crippen LogP contribution in [0.25, 0.3) is 0 Å². The van der Waals surface area contributed by atoms with Gasteiger partial charge in [0.25, 0.3) is 0 Å². The molecule has 86 valence electrons. The number of hydrogen-bond acceptors (Lipinski definition) is 4. The van der Waals surface area contributed by atoms with Gasteiger partial charge >= 0.3 is 0 Å². The molecular formula is C9H17N3O2S. The molecule has 5 nitrogen and oxygen atoms in total. The number of aromatic nitrogens is 2. The lowest BCUT2D eigenvalue weighted by Gasteiger charge is -2.22. The quantitative estimate of drug-likeness (QED) is 0.826. The number of hydrogen-bond donors (Lipinski definition) is 1. The molecule has 6 heteroatoms. The van der Waals surface area contributed by atoms with Crippen molar-refractivity contribution >= 4 is 15.7 Å². The predicted octanol–water partition coefficient (Wildman–Crippen LogP) is 0.655. The summed E-state index contributed by atoms with van der Waals surface area (Å²) in [5, 5.41) is 7.11. The Hall–Kier alpha value is -1.04. The molecule has 0 aromatic carbocycles. The van der Waals surface area contributed by atoms with Gasteiger partial charge in [-0.15, -0.1) is 0 Å². The van der Waals surface area contributed by atoms with Crippen LogP contribution in [-0.4, -0.2) is 35.7 Å². The fourth-order valence-electron chi connectivity index (χ4n) is 0.944. The van der Waals surface area contributed by atoms with E-state index < -0.39 is 14.6 Å². The van der Waals surface area contributed by atoms with Crippen molar-refractivity contribution < 1.29 is 8.42 Å². The zero-order valence-electron chi connectivity index (χ0n) is 9.48. The Labute approximate surface area is 90.4 Å². The Morgan fingerprint density at radius 1 is 1.53 bits per heavy atom. The van der Waals surface area contributed by atoms with Gasteiger partial charge in [-0.05, 0) is 13.8 Å². The molecule has 0 radical (unpaired) electrons. The second-order valence-corrected chi connectivity index (χ2v) is 6.91. The molecule has 0 saturated carbocycles. The first-order valence-electron chi connectivity index (χ1n) is 4.65. The third kappa shape index (κ3) is 2.95. The third-order valence-electron chi connectivity index (χ3n) is 2.41. The van der Waals surface area contributed by atoms with E-state index in [2.05, 4.69) is 10.4 Å². The van der Waals surface area contributed by atoms with Gasteiger partial charge in [-0.2, -0.15) is 5.10 Å². The molecule has 1 rings (SSSR count). The van der Waals surface area contributed by atoms with Gasteiger partial charge in [0.2, 0.25) is 0 Å². The van der Waals surface area contributed by atoms with Gasteiger partial charge in [-0.25, -0.2) is 8.42 Å². The zero-order chi connectivity index (χ0) is 11.7. The molecule has 1 N–H and O–H groups in total. The first-order chi connectivity index (χ1) is 6.72. The normalized spacial score (nSPS) is 12.8. The third-order valence-corrected chi connectivity index (χ3v) is 4.56. The van der Waals surface area contributed by atoms with Crippen molar-refractivity contribution in [1.29, 1.82) is 0 Å². The maximum Gasteiger partial charge on any atom is 0.154 e. The number of nitrogens with one attached hydrogen (secondary N) is 1. The van der Waals surface area contributed by atoms with Gasteiger partial charge in [0.05, 0.1) is 4.75 Å². The zero-order valence-corrected chi connectivity index (χ0v) is 10.3. The average Bonchev–Trinajstić information content (AvgIpc) is 2.46. The molecule has 0 bridgehead atoms. The summed E-state index contributed by atoms with van der Waals surface area (Å²) >= 11 is 0. The van der Waals surface area contributed by atoms with E-state index in [-0.39, 0.29) is 0 Å². The highest BCUT2D eigenvalue weighted by Crippen LogP contribution is 2.15. The second-order valence-electron chi connectivity index (χ2n) is 4.26. The summed E-state index contributed by atoms with van der Waals surface area (Å²) in [7, 11) is -1.25. The summed E-state index contributed by atoms with van der Waals surface area (Å²) in [5.41, 5.74) is 0. The molecule has 0 fully saturated rings. The van der Waals surface area contributed by atoms with Crippen molar-refractivity contribution in [3.8, 4) is 0 Å². The Morgan fingerprint density at radius 3 is 2.53 bits per heavy atom. The summed E-state index contributed by atoms with van der Waals surface area (Å²) in [6.07, 6.45) is 3.04. The molecule has 0 unspecified atom stereocenters. The fourth-order valence-corrected chi connectivity index (χ4v) is 1.28. The summed E-state index contributed by atoms with van der Waals surface area (Å²) < 4.78 is 23.7. The highest BCUT2D eigenvalue weighted by Gasteiger charge is 2.29. The Kier molecular flexibility index (Phi) is 3.08. The van der Waals surface area contributed by atoms with E-state index in [1.165, 1.54) is 6.26 Å². The second kappa shape index (κ2) is 3.84. The van der Waals surface area contributed by atoms with Crippen LogP contribution >= 0.6 is 0 Å². The van der Waals surface area contributed by atoms with Gasteiger partial charge in [0.1, 0.15) is 5.82 Å². The first-order valence-corrected chi connectivity index (χ1v) is 6.55. The van der Waals surface area contributed by atoms with Crippen LogP contribution in [0.2, 0.25) is 0 Å². The standard InChI is InChI=1S/C9H17N3O2S/c1-9(2,15(4,13)14)7-10-8-5-6-12(3)11-8/h5-6H,7H2,1-4H3,(H,10,11). The van der Waals surface area contributed by atoms with Crippen LogP contribution in [0.4, 0.5) is 5.82 Å². The van der Waals surface area contributed by atoms with Crippen molar-refractivity contribution in [3.63, 3.8) is 0 Å². The van der Waals surface area contributed by atoms with Crippen LogP contribution in [0, 0.1) is 0 Å². The number of aryl methyl sites for hydroxylation is 1. The van der Waals surface area contributed by atoms with Crippen LogP contribution < -0.4 is 5.32 Å². The average molecular weight is 231 g/mol. The molecule has 0 atom stereocenters. The van der Waals surface area contributed by atoms with Gasteiger partial charge in [-0.3, -0.25) is 4.68 Å². The maximum atomic E-state index is 11.4. The summed E-state index contributed by atoms with van der Waals surface area (Å²) in [4.78, 5) is 0. The number of sulfone groups is 1. The molecule has 0 aliphatic rings. The van der Waals surface area contributed by atoms with Gasteiger partial charge in [-0.1, -0.05) is 0 Å². The molecule has 0 saturated heterocycles. The van der Waals surface area contributed by atoms with Crippen LogP contribution in [0.1, 0.15) is 13.8 Å². The molecule has 0 aliphatic heterocycles. The molecule has 15 heavy (non-hydrogen) atoms. The van der Waals surface area contributed by atoms with Gasteiger partial charge in [0, 0.05) is 32.1 Å². The van der Waals surface area contributed by atoms with E-state index in [0.29, 0.717) is 12.4 Å². The Balaban J connectivity index is 2.65. The fraction of sp³-hybridized carbons (Fsp3) is 0.667. The Morgan fingerprint density at radius 2 is 2.13 bits per heavy atom. The SMILES string of the molecule is Cn1ccc(NCC(C)(C)S(C)(=O)=O)n1. The summed E-state index contributed by atoms with van der Waals surface area (Å²) in [6, 6.07) is 1.80. The molecule has 0 aliphatic carbocycles. The molecule has 1 aromatic rings. The topological polar surface area (TPSA) is 64.0 Å². The van der Waals surface area contributed by atoms with E-state index in [0.717, 1.165) is 0 Å². The molecule has 0 amide bonds. The van der Waals surface area contributed by atoms with Crippen molar-refractivity contribution in [2.45, 2.75) is 18.6 Å². The van der Waals surface area contributed by atoms with Crippen molar-refractivity contribution in [2.24, 2.45) is 7.05 Å². The van der Waals surface area contributed by atoms with Gasteiger partial charge < -0.3 is 5.32 Å². The molecule has 1 aromatic heterocycles. The van der Waals surface area contributed by atoms with Crippen LogP contribution in [0.5, 0.6) is 0 Å². The van der Waals surface area contributed by atoms with Crippen LogP contribution in [-0.2, 0) is 16.9 Å². The lowest BCUT2D eigenvalue weighted by Crippen LogP contribution is -2.38. The minimum absolute atomic E-state index is 0.350. The van der Waals surface area contributed by atoms with E-state index in [9.17, 15) is 8.42 Å². The largest absolute Gasteiger partial charge is 0.367 e. The monoisotopic (exact) mass is 231 g/mol. The highest BCUT2D eigenvalue weighted by atomic mass is 32.2. The number of rotatable bonds is 4. The van der Waals surface area contributed by atoms with Crippen LogP contribution in [0.15, 0.2) is 12.3 Å². The number of anilines is 1. The lowest BCUT2D eigenvalue weighted by atomic mass is 10.2.